The Morgan fingerprint density at radius 3 is 2.73 bits per heavy atom. The van der Waals surface area contributed by atoms with Crippen LogP contribution in [0.4, 0.5) is 4.79 Å². The SMILES string of the molecule is O=C=NCCCCCCNC(=O)NNC(=O)c1cccnc1. The van der Waals surface area contributed by atoms with Crippen molar-refractivity contribution in [2.24, 2.45) is 4.99 Å². The predicted octanol–water partition coefficient (Wildman–Crippen LogP) is 0.922. The van der Waals surface area contributed by atoms with Gasteiger partial charge in [0.05, 0.1) is 12.1 Å². The molecule has 0 unspecified atom stereocenters. The molecule has 0 radical (unpaired) electrons. The first kappa shape index (κ1) is 17.3. The van der Waals surface area contributed by atoms with Gasteiger partial charge in [-0.05, 0) is 25.0 Å². The molecule has 22 heavy (non-hydrogen) atoms. The summed E-state index contributed by atoms with van der Waals surface area (Å²) in [6, 6.07) is 2.76. The van der Waals surface area contributed by atoms with Crippen molar-refractivity contribution in [3.05, 3.63) is 30.1 Å². The minimum absolute atomic E-state index is 0.362. The number of carbonyl (C=O) groups is 2. The maximum atomic E-state index is 11.6. The Hall–Kier alpha value is -2.73. The highest BCUT2D eigenvalue weighted by atomic mass is 16.2. The zero-order valence-electron chi connectivity index (χ0n) is 12.2. The molecule has 0 saturated carbocycles. The number of hydrogen-bond donors (Lipinski definition) is 3. The molecule has 0 spiro atoms. The van der Waals surface area contributed by atoms with Gasteiger partial charge in [0.25, 0.3) is 5.91 Å². The highest BCUT2D eigenvalue weighted by Gasteiger charge is 2.06. The van der Waals surface area contributed by atoms with Crippen molar-refractivity contribution < 1.29 is 14.4 Å². The van der Waals surface area contributed by atoms with E-state index < -0.39 is 11.9 Å². The van der Waals surface area contributed by atoms with Crippen molar-refractivity contribution in [1.29, 1.82) is 0 Å². The van der Waals surface area contributed by atoms with Crippen molar-refractivity contribution >= 4 is 18.0 Å². The van der Waals surface area contributed by atoms with Crippen molar-refractivity contribution in [3.63, 3.8) is 0 Å². The first-order chi connectivity index (χ1) is 10.7. The van der Waals surface area contributed by atoms with Crippen LogP contribution in [0, 0.1) is 0 Å². The molecule has 1 aromatic heterocycles. The molecule has 0 aliphatic heterocycles. The van der Waals surface area contributed by atoms with Gasteiger partial charge in [-0.25, -0.2) is 20.0 Å². The maximum Gasteiger partial charge on any atom is 0.333 e. The van der Waals surface area contributed by atoms with Gasteiger partial charge in [-0.3, -0.25) is 15.2 Å². The number of hydrogen-bond acceptors (Lipinski definition) is 5. The van der Waals surface area contributed by atoms with Crippen LogP contribution in [0.15, 0.2) is 29.5 Å². The Balaban J connectivity index is 2.04. The summed E-state index contributed by atoms with van der Waals surface area (Å²) in [6.45, 7) is 1.00. The molecule has 8 nitrogen and oxygen atoms in total. The number of urea groups is 1. The highest BCUT2D eigenvalue weighted by molar-refractivity contribution is 5.94. The van der Waals surface area contributed by atoms with E-state index in [9.17, 15) is 14.4 Å². The lowest BCUT2D eigenvalue weighted by molar-refractivity contribution is 0.0936. The number of aromatic nitrogens is 1. The van der Waals surface area contributed by atoms with Crippen LogP contribution in [0.25, 0.3) is 0 Å². The summed E-state index contributed by atoms with van der Waals surface area (Å²) in [5.74, 6) is -0.431. The van der Waals surface area contributed by atoms with Gasteiger partial charge in [-0.1, -0.05) is 12.8 Å². The van der Waals surface area contributed by atoms with E-state index in [2.05, 4.69) is 26.1 Å². The normalized spacial score (nSPS) is 9.45. The smallest absolute Gasteiger partial charge is 0.333 e. The van der Waals surface area contributed by atoms with E-state index in [1.54, 1.807) is 18.3 Å². The van der Waals surface area contributed by atoms with Crippen molar-refractivity contribution in [2.45, 2.75) is 25.7 Å². The second-order valence-electron chi connectivity index (χ2n) is 4.46. The second-order valence-corrected chi connectivity index (χ2v) is 4.46. The number of pyridine rings is 1. The first-order valence-corrected chi connectivity index (χ1v) is 7.02. The number of amides is 3. The van der Waals surface area contributed by atoms with Crippen LogP contribution in [0.1, 0.15) is 36.0 Å². The monoisotopic (exact) mass is 305 g/mol. The lowest BCUT2D eigenvalue weighted by Crippen LogP contribution is -2.47. The Labute approximate surface area is 128 Å². The molecule has 0 saturated heterocycles. The Bertz CT molecular complexity index is 514. The number of rotatable bonds is 8. The zero-order chi connectivity index (χ0) is 16.0. The standard InChI is InChI=1S/C14H19N5O3/c20-11-16-7-3-1-2-4-9-17-14(22)19-18-13(21)12-6-5-8-15-10-12/h5-6,8,10H,1-4,7,9H2,(H,18,21)(H2,17,19,22). The molecule has 0 aliphatic rings. The first-order valence-electron chi connectivity index (χ1n) is 7.02. The minimum Gasteiger partial charge on any atom is -0.337 e. The van der Waals surface area contributed by atoms with Gasteiger partial charge in [0.2, 0.25) is 6.08 Å². The van der Waals surface area contributed by atoms with Gasteiger partial charge in [0.1, 0.15) is 0 Å². The average molecular weight is 305 g/mol. The van der Waals surface area contributed by atoms with E-state index in [-0.39, 0.29) is 0 Å². The Morgan fingerprint density at radius 2 is 2.00 bits per heavy atom. The summed E-state index contributed by atoms with van der Waals surface area (Å²) in [5, 5.41) is 2.63. The van der Waals surface area contributed by atoms with Crippen LogP contribution in [-0.2, 0) is 4.79 Å². The molecular weight excluding hydrogens is 286 g/mol. The molecule has 0 bridgehead atoms. The lowest BCUT2D eigenvalue weighted by Gasteiger charge is -2.08. The summed E-state index contributed by atoms with van der Waals surface area (Å²) >= 11 is 0. The van der Waals surface area contributed by atoms with Gasteiger partial charge in [-0.2, -0.15) is 0 Å². The summed E-state index contributed by atoms with van der Waals surface area (Å²) in [5.41, 5.74) is 4.91. The number of unbranched alkanes of at least 4 members (excludes halogenated alkanes) is 3. The van der Waals surface area contributed by atoms with Gasteiger partial charge in [0.15, 0.2) is 0 Å². The zero-order valence-corrected chi connectivity index (χ0v) is 12.2. The van der Waals surface area contributed by atoms with Crippen LogP contribution in [0.5, 0.6) is 0 Å². The molecule has 3 N–H and O–H groups in total. The summed E-state index contributed by atoms with van der Waals surface area (Å²) < 4.78 is 0. The summed E-state index contributed by atoms with van der Waals surface area (Å²) in [7, 11) is 0. The molecule has 0 atom stereocenters. The minimum atomic E-state index is -0.470. The molecule has 1 heterocycles. The molecule has 1 aromatic rings. The third-order valence-electron chi connectivity index (χ3n) is 2.76. The van der Waals surface area contributed by atoms with Crippen LogP contribution >= 0.6 is 0 Å². The molecular formula is C14H19N5O3. The van der Waals surface area contributed by atoms with E-state index in [4.69, 9.17) is 0 Å². The Kier molecular flexibility index (Phi) is 8.65. The van der Waals surface area contributed by atoms with Gasteiger partial charge < -0.3 is 5.32 Å². The molecule has 3 amide bonds. The van der Waals surface area contributed by atoms with E-state index in [1.807, 2.05) is 0 Å². The van der Waals surface area contributed by atoms with E-state index in [0.717, 1.165) is 25.7 Å². The third kappa shape index (κ3) is 7.76. The van der Waals surface area contributed by atoms with Crippen LogP contribution in [-0.4, -0.2) is 36.1 Å². The summed E-state index contributed by atoms with van der Waals surface area (Å²) in [4.78, 5) is 40.2. The second kappa shape index (κ2) is 11.0. The number of carbonyl (C=O) groups excluding carboxylic acids is 3. The number of nitrogens with zero attached hydrogens (tertiary/aromatic N) is 2. The van der Waals surface area contributed by atoms with Gasteiger partial charge in [-0.15, -0.1) is 0 Å². The molecule has 0 aromatic carbocycles. The molecule has 1 rings (SSSR count). The lowest BCUT2D eigenvalue weighted by atomic mass is 10.2. The quantitative estimate of drug-likeness (QED) is 0.287. The number of aliphatic imine (C=N–C) groups is 1. The van der Waals surface area contributed by atoms with Crippen LogP contribution in [0.3, 0.4) is 0 Å². The van der Waals surface area contributed by atoms with Crippen LogP contribution in [0.2, 0.25) is 0 Å². The number of isocyanates is 1. The van der Waals surface area contributed by atoms with Crippen molar-refractivity contribution in [2.75, 3.05) is 13.1 Å². The van der Waals surface area contributed by atoms with Crippen LogP contribution < -0.4 is 16.2 Å². The van der Waals surface area contributed by atoms with E-state index >= 15 is 0 Å². The predicted molar refractivity (Wildman–Crippen MR) is 79.7 cm³/mol. The average Bonchev–Trinajstić information content (AvgIpc) is 2.56. The molecule has 0 aliphatic carbocycles. The third-order valence-corrected chi connectivity index (χ3v) is 2.76. The summed E-state index contributed by atoms with van der Waals surface area (Å²) in [6.07, 6.45) is 7.97. The fraction of sp³-hybridized carbons (Fsp3) is 0.429. The van der Waals surface area contributed by atoms with E-state index in [1.165, 1.54) is 12.3 Å². The molecule has 0 fully saturated rings. The van der Waals surface area contributed by atoms with Crippen molar-refractivity contribution in [3.8, 4) is 0 Å². The van der Waals surface area contributed by atoms with Crippen molar-refractivity contribution in [1.82, 2.24) is 21.2 Å². The maximum absolute atomic E-state index is 11.6. The van der Waals surface area contributed by atoms with E-state index in [0.29, 0.717) is 18.7 Å². The topological polar surface area (TPSA) is 113 Å². The fourth-order valence-corrected chi connectivity index (χ4v) is 1.64. The Morgan fingerprint density at radius 1 is 1.18 bits per heavy atom. The number of nitrogens with one attached hydrogen (secondary N) is 3. The fourth-order valence-electron chi connectivity index (χ4n) is 1.64. The number of hydrazine groups is 1. The van der Waals surface area contributed by atoms with Gasteiger partial charge in [0, 0.05) is 18.9 Å². The molecule has 118 valence electrons. The van der Waals surface area contributed by atoms with Gasteiger partial charge >= 0.3 is 6.03 Å². The molecule has 8 heteroatoms. The largest absolute Gasteiger partial charge is 0.337 e. The highest BCUT2D eigenvalue weighted by Crippen LogP contribution is 1.98.